The Bertz CT molecular complexity index is 1260. The molecule has 3 aromatic carbocycles. The molecule has 0 atom stereocenters. The van der Waals surface area contributed by atoms with E-state index < -0.39 is 10.0 Å². The van der Waals surface area contributed by atoms with Crippen LogP contribution in [-0.4, -0.2) is 52.0 Å². The molecule has 1 aliphatic heterocycles. The minimum Gasteiger partial charge on any atom is -0.484 e. The topological polar surface area (TPSA) is 79.0 Å². The molecule has 4 rings (SSSR count). The Morgan fingerprint density at radius 1 is 0.971 bits per heavy atom. The van der Waals surface area contributed by atoms with Gasteiger partial charge in [0.05, 0.1) is 4.90 Å². The Morgan fingerprint density at radius 2 is 1.66 bits per heavy atom. The molecule has 9 heteroatoms. The lowest BCUT2D eigenvalue weighted by atomic mass is 10.1. The van der Waals surface area contributed by atoms with Crippen LogP contribution in [-0.2, 0) is 21.4 Å². The summed E-state index contributed by atoms with van der Waals surface area (Å²) in [6.45, 7) is 4.78. The SMILES string of the molecule is Cc1ccc(Cl)cc1N1CCN(C(=O)COc2ccc(S(=O)(=O)NCc3ccccc3)cc2)CC1. The molecular weight excluding hydrogens is 486 g/mol. The fourth-order valence-electron chi connectivity index (χ4n) is 3.93. The van der Waals surface area contributed by atoms with Crippen LogP contribution >= 0.6 is 11.6 Å². The number of piperazine rings is 1. The number of hydrogen-bond donors (Lipinski definition) is 1. The summed E-state index contributed by atoms with van der Waals surface area (Å²) in [4.78, 5) is 16.8. The maximum Gasteiger partial charge on any atom is 0.260 e. The molecule has 0 saturated carbocycles. The zero-order valence-electron chi connectivity index (χ0n) is 19.5. The summed E-state index contributed by atoms with van der Waals surface area (Å²) in [6.07, 6.45) is 0. The van der Waals surface area contributed by atoms with Gasteiger partial charge in [-0.1, -0.05) is 48.0 Å². The lowest BCUT2D eigenvalue weighted by Crippen LogP contribution is -2.50. The Morgan fingerprint density at radius 3 is 2.34 bits per heavy atom. The highest BCUT2D eigenvalue weighted by molar-refractivity contribution is 7.89. The van der Waals surface area contributed by atoms with E-state index in [1.54, 1.807) is 17.0 Å². The van der Waals surface area contributed by atoms with Crippen molar-refractivity contribution in [1.29, 1.82) is 0 Å². The van der Waals surface area contributed by atoms with Crippen LogP contribution < -0.4 is 14.4 Å². The smallest absolute Gasteiger partial charge is 0.260 e. The first kappa shape index (κ1) is 25.0. The molecule has 1 N–H and O–H groups in total. The third-order valence-electron chi connectivity index (χ3n) is 5.95. The summed E-state index contributed by atoms with van der Waals surface area (Å²) in [5, 5.41) is 0.698. The van der Waals surface area contributed by atoms with Crippen molar-refractivity contribution in [1.82, 2.24) is 9.62 Å². The molecular formula is C26H28ClN3O4S. The van der Waals surface area contributed by atoms with E-state index in [2.05, 4.69) is 9.62 Å². The van der Waals surface area contributed by atoms with Crippen molar-refractivity contribution < 1.29 is 17.9 Å². The number of rotatable bonds is 8. The summed E-state index contributed by atoms with van der Waals surface area (Å²) < 4.78 is 33.3. The number of carbonyl (C=O) groups is 1. The monoisotopic (exact) mass is 513 g/mol. The van der Waals surface area contributed by atoms with Gasteiger partial charge in [-0.2, -0.15) is 0 Å². The van der Waals surface area contributed by atoms with E-state index >= 15 is 0 Å². The predicted molar refractivity (Wildman–Crippen MR) is 137 cm³/mol. The summed E-state index contributed by atoms with van der Waals surface area (Å²) in [6, 6.07) is 21.2. The predicted octanol–water partition coefficient (Wildman–Crippen LogP) is 3.85. The van der Waals surface area contributed by atoms with Crippen molar-refractivity contribution in [2.24, 2.45) is 0 Å². The first-order valence-corrected chi connectivity index (χ1v) is 13.2. The largest absolute Gasteiger partial charge is 0.484 e. The molecule has 7 nitrogen and oxygen atoms in total. The number of anilines is 1. The quantitative estimate of drug-likeness (QED) is 0.495. The van der Waals surface area contributed by atoms with E-state index in [1.165, 1.54) is 12.1 Å². The van der Waals surface area contributed by atoms with E-state index in [-0.39, 0.29) is 24.0 Å². The summed E-state index contributed by atoms with van der Waals surface area (Å²) >= 11 is 6.15. The number of sulfonamides is 1. The lowest BCUT2D eigenvalue weighted by Gasteiger charge is -2.36. The van der Waals surface area contributed by atoms with Gasteiger partial charge in [-0.15, -0.1) is 0 Å². The van der Waals surface area contributed by atoms with Crippen LogP contribution in [0.15, 0.2) is 77.7 Å². The molecule has 0 spiro atoms. The van der Waals surface area contributed by atoms with Crippen LogP contribution in [0, 0.1) is 6.92 Å². The van der Waals surface area contributed by atoms with Crippen molar-refractivity contribution in [3.8, 4) is 5.75 Å². The molecule has 35 heavy (non-hydrogen) atoms. The Hall–Kier alpha value is -3.07. The molecule has 0 aromatic heterocycles. The number of ether oxygens (including phenoxy) is 1. The molecule has 0 unspecified atom stereocenters. The number of halogens is 1. The van der Waals surface area contributed by atoms with Crippen LogP contribution in [0.5, 0.6) is 5.75 Å². The first-order valence-electron chi connectivity index (χ1n) is 11.4. The molecule has 1 saturated heterocycles. The average Bonchev–Trinajstić information content (AvgIpc) is 2.88. The van der Waals surface area contributed by atoms with Gasteiger partial charge in [-0.05, 0) is 54.4 Å². The molecule has 184 valence electrons. The summed E-state index contributed by atoms with van der Waals surface area (Å²) in [5.74, 6) is 0.335. The van der Waals surface area contributed by atoms with Crippen molar-refractivity contribution in [2.75, 3.05) is 37.7 Å². The second-order valence-corrected chi connectivity index (χ2v) is 10.6. The van der Waals surface area contributed by atoms with E-state index in [0.29, 0.717) is 23.9 Å². The Labute approximate surface area is 211 Å². The van der Waals surface area contributed by atoms with E-state index in [9.17, 15) is 13.2 Å². The first-order chi connectivity index (χ1) is 16.8. The van der Waals surface area contributed by atoms with Crippen molar-refractivity contribution in [3.05, 3.63) is 88.9 Å². The molecule has 0 bridgehead atoms. The maximum atomic E-state index is 12.6. The van der Waals surface area contributed by atoms with Gasteiger partial charge >= 0.3 is 0 Å². The van der Waals surface area contributed by atoms with Gasteiger partial charge in [0.25, 0.3) is 5.91 Å². The minimum absolute atomic E-state index is 0.103. The van der Waals surface area contributed by atoms with Gasteiger partial charge in [-0.25, -0.2) is 13.1 Å². The molecule has 1 aliphatic rings. The van der Waals surface area contributed by atoms with Crippen LogP contribution in [0.4, 0.5) is 5.69 Å². The van der Waals surface area contributed by atoms with Crippen LogP contribution in [0.25, 0.3) is 0 Å². The number of nitrogens with zero attached hydrogens (tertiary/aromatic N) is 2. The second-order valence-electron chi connectivity index (χ2n) is 8.37. The van der Waals surface area contributed by atoms with Gasteiger partial charge in [-0.3, -0.25) is 4.79 Å². The third kappa shape index (κ3) is 6.54. The van der Waals surface area contributed by atoms with Gasteiger partial charge in [0, 0.05) is 43.4 Å². The number of benzene rings is 3. The maximum absolute atomic E-state index is 12.6. The second kappa shape index (κ2) is 11.1. The van der Waals surface area contributed by atoms with Crippen molar-refractivity contribution in [2.45, 2.75) is 18.4 Å². The fourth-order valence-corrected chi connectivity index (χ4v) is 5.11. The number of carbonyl (C=O) groups excluding carboxylic acids is 1. The summed E-state index contributed by atoms with van der Waals surface area (Å²) in [7, 11) is -3.65. The highest BCUT2D eigenvalue weighted by Gasteiger charge is 2.22. The lowest BCUT2D eigenvalue weighted by molar-refractivity contribution is -0.133. The molecule has 1 fully saturated rings. The highest BCUT2D eigenvalue weighted by atomic mass is 35.5. The number of hydrogen-bond acceptors (Lipinski definition) is 5. The van der Waals surface area contributed by atoms with Crippen LogP contribution in [0.1, 0.15) is 11.1 Å². The average molecular weight is 514 g/mol. The van der Waals surface area contributed by atoms with E-state index in [0.717, 1.165) is 29.9 Å². The van der Waals surface area contributed by atoms with Gasteiger partial charge in [0.15, 0.2) is 6.61 Å². The molecule has 0 aliphatic carbocycles. The number of amides is 1. The van der Waals surface area contributed by atoms with Crippen LogP contribution in [0.3, 0.4) is 0 Å². The molecule has 1 heterocycles. The van der Waals surface area contributed by atoms with Gasteiger partial charge < -0.3 is 14.5 Å². The minimum atomic E-state index is -3.65. The zero-order valence-corrected chi connectivity index (χ0v) is 21.1. The molecule has 1 amide bonds. The Balaban J connectivity index is 1.26. The zero-order chi connectivity index (χ0) is 24.8. The fraction of sp³-hybridized carbons (Fsp3) is 0.269. The Kier molecular flexibility index (Phi) is 7.95. The molecule has 3 aromatic rings. The van der Waals surface area contributed by atoms with Crippen molar-refractivity contribution in [3.63, 3.8) is 0 Å². The third-order valence-corrected chi connectivity index (χ3v) is 7.60. The van der Waals surface area contributed by atoms with E-state index in [4.69, 9.17) is 16.3 Å². The normalized spacial score (nSPS) is 14.1. The van der Waals surface area contributed by atoms with Gasteiger partial charge in [0.2, 0.25) is 10.0 Å². The van der Waals surface area contributed by atoms with Crippen LogP contribution in [0.2, 0.25) is 5.02 Å². The van der Waals surface area contributed by atoms with E-state index in [1.807, 2.05) is 55.5 Å². The summed E-state index contributed by atoms with van der Waals surface area (Å²) in [5.41, 5.74) is 3.12. The number of nitrogens with one attached hydrogen (secondary N) is 1. The highest BCUT2D eigenvalue weighted by Crippen LogP contribution is 2.25. The molecule has 0 radical (unpaired) electrons. The van der Waals surface area contributed by atoms with Gasteiger partial charge in [0.1, 0.15) is 5.75 Å². The standard InChI is InChI=1S/C26H28ClN3O4S/c1-20-7-8-22(27)17-25(20)29-13-15-30(16-14-29)26(31)19-34-23-9-11-24(12-10-23)35(32,33)28-18-21-5-3-2-4-6-21/h2-12,17,28H,13-16,18-19H2,1H3. The number of aryl methyl sites for hydroxylation is 1. The van der Waals surface area contributed by atoms with Crippen molar-refractivity contribution >= 4 is 33.2 Å².